The molecule has 0 aromatic heterocycles. The molecule has 0 fully saturated rings. The predicted molar refractivity (Wildman–Crippen MR) is 71.0 cm³/mol. The van der Waals surface area contributed by atoms with Crippen molar-refractivity contribution in [1.82, 2.24) is 0 Å². The van der Waals surface area contributed by atoms with E-state index in [1.807, 2.05) is 0 Å². The average molecular weight is 322 g/mol. The molecule has 0 saturated carbocycles. The van der Waals surface area contributed by atoms with E-state index in [4.69, 9.17) is 19.2 Å². The molecule has 0 aliphatic carbocycles. The Kier molecular flexibility index (Phi) is 26.6. The van der Waals surface area contributed by atoms with Gasteiger partial charge in [0.1, 0.15) is 0 Å². The Hall–Kier alpha value is 1.71. The third kappa shape index (κ3) is 45.1. The first kappa shape index (κ1) is 25.6. The van der Waals surface area contributed by atoms with Crippen LogP contribution in [0.25, 0.3) is 0 Å². The summed E-state index contributed by atoms with van der Waals surface area (Å²) in [6.45, 7) is 2.37. The van der Waals surface area contributed by atoms with Gasteiger partial charge in [-0.3, -0.25) is 0 Å². The zero-order valence-electron chi connectivity index (χ0n) is 12.4. The summed E-state index contributed by atoms with van der Waals surface area (Å²) in [5.74, 6) is 0. The molecule has 0 bridgehead atoms. The summed E-state index contributed by atoms with van der Waals surface area (Å²) < 4.78 is 8.88. The maximum Gasteiger partial charge on any atom is 1.00 e. The quantitative estimate of drug-likeness (QED) is 0.282. The SMILES string of the molecule is CCCCCCCCCCCC[O-].O=P(O)(O)O.[K+]. The van der Waals surface area contributed by atoms with Crippen molar-refractivity contribution in [2.75, 3.05) is 6.61 Å². The molecule has 0 atom stereocenters. The van der Waals surface area contributed by atoms with Gasteiger partial charge in [-0.15, -0.1) is 6.61 Å². The number of rotatable bonds is 10. The second-order valence-corrected chi connectivity index (χ2v) is 5.43. The second-order valence-electron chi connectivity index (χ2n) is 4.40. The number of unbranched alkanes of at least 4 members (excludes halogenated alkanes) is 9. The third-order valence-electron chi connectivity index (χ3n) is 2.50. The molecule has 3 N–H and O–H groups in total. The van der Waals surface area contributed by atoms with E-state index < -0.39 is 7.82 Å². The van der Waals surface area contributed by atoms with E-state index in [1.54, 1.807) is 0 Å². The molecule has 0 heterocycles. The molecule has 0 spiro atoms. The van der Waals surface area contributed by atoms with Crippen LogP contribution in [-0.4, -0.2) is 21.3 Å². The molecule has 7 heteroatoms. The van der Waals surface area contributed by atoms with E-state index in [-0.39, 0.29) is 58.0 Å². The second kappa shape index (κ2) is 19.7. The van der Waals surface area contributed by atoms with Gasteiger partial charge in [-0.1, -0.05) is 71.1 Å². The van der Waals surface area contributed by atoms with Crippen molar-refractivity contribution >= 4 is 7.82 Å². The molecule has 0 aliphatic heterocycles. The Morgan fingerprint density at radius 1 is 0.789 bits per heavy atom. The van der Waals surface area contributed by atoms with E-state index in [0.29, 0.717) is 0 Å². The molecule has 0 aromatic rings. The summed E-state index contributed by atoms with van der Waals surface area (Å²) in [7, 11) is -4.64. The van der Waals surface area contributed by atoms with Crippen LogP contribution < -0.4 is 56.5 Å². The van der Waals surface area contributed by atoms with E-state index in [1.165, 1.54) is 51.4 Å². The fourth-order valence-corrected chi connectivity index (χ4v) is 1.59. The zero-order valence-corrected chi connectivity index (χ0v) is 16.4. The van der Waals surface area contributed by atoms with Crippen molar-refractivity contribution in [3.63, 3.8) is 0 Å². The van der Waals surface area contributed by atoms with Crippen LogP contribution in [0.5, 0.6) is 0 Å². The van der Waals surface area contributed by atoms with Gasteiger partial charge in [-0.25, -0.2) is 4.57 Å². The van der Waals surface area contributed by atoms with Gasteiger partial charge in [-0.2, -0.15) is 0 Å². The first-order valence-corrected chi connectivity index (χ1v) is 8.34. The van der Waals surface area contributed by atoms with Crippen LogP contribution >= 0.6 is 7.82 Å². The summed E-state index contributed by atoms with van der Waals surface area (Å²) in [6.07, 6.45) is 13.0. The van der Waals surface area contributed by atoms with Gasteiger partial charge < -0.3 is 19.8 Å². The first-order chi connectivity index (χ1) is 8.41. The molecule has 19 heavy (non-hydrogen) atoms. The van der Waals surface area contributed by atoms with Gasteiger partial charge in [-0.05, 0) is 0 Å². The van der Waals surface area contributed by atoms with Crippen LogP contribution in [0, 0.1) is 0 Å². The molecule has 0 unspecified atom stereocenters. The van der Waals surface area contributed by atoms with Crippen LogP contribution in [0.3, 0.4) is 0 Å². The van der Waals surface area contributed by atoms with E-state index in [9.17, 15) is 5.11 Å². The van der Waals surface area contributed by atoms with Gasteiger partial charge in [0.25, 0.3) is 0 Å². The molecule has 112 valence electrons. The summed E-state index contributed by atoms with van der Waals surface area (Å²) in [5, 5.41) is 10.1. The zero-order chi connectivity index (χ0) is 14.3. The number of hydrogen-bond donors (Lipinski definition) is 3. The Morgan fingerprint density at radius 2 is 1.05 bits per heavy atom. The van der Waals surface area contributed by atoms with E-state index in [0.717, 1.165) is 12.8 Å². The molecule has 0 saturated heterocycles. The van der Waals surface area contributed by atoms with Crippen LogP contribution in [0.15, 0.2) is 0 Å². The smallest absolute Gasteiger partial charge is 0.854 e. The summed E-state index contributed by atoms with van der Waals surface area (Å²) in [6, 6.07) is 0. The van der Waals surface area contributed by atoms with Crippen molar-refractivity contribution in [3.8, 4) is 0 Å². The Morgan fingerprint density at radius 3 is 1.32 bits per heavy atom. The monoisotopic (exact) mass is 322 g/mol. The van der Waals surface area contributed by atoms with Crippen LogP contribution in [0.4, 0.5) is 0 Å². The van der Waals surface area contributed by atoms with Crippen molar-refractivity contribution in [2.45, 2.75) is 71.1 Å². The molecular weight excluding hydrogens is 294 g/mol. The van der Waals surface area contributed by atoms with Gasteiger partial charge in [0, 0.05) is 0 Å². The molecule has 0 amide bonds. The molecule has 0 aliphatic rings. The first-order valence-electron chi connectivity index (χ1n) is 6.78. The standard InChI is InChI=1S/C12H25O.K.H3O4P/c1-2-3-4-5-6-7-8-9-10-11-12-13;;1-5(2,3)4/h2-12H2,1H3;;(H3,1,2,3,4)/q-1;+1;. The van der Waals surface area contributed by atoms with Crippen molar-refractivity contribution in [2.24, 2.45) is 0 Å². The van der Waals surface area contributed by atoms with E-state index >= 15 is 0 Å². The largest absolute Gasteiger partial charge is 1.00 e. The Bertz CT molecular complexity index is 180. The fourth-order valence-electron chi connectivity index (χ4n) is 1.59. The van der Waals surface area contributed by atoms with Crippen LogP contribution in [0.1, 0.15) is 71.1 Å². The van der Waals surface area contributed by atoms with Crippen LogP contribution in [0.2, 0.25) is 0 Å². The predicted octanol–water partition coefficient (Wildman–Crippen LogP) is -0.657. The van der Waals surface area contributed by atoms with Crippen molar-refractivity contribution < 1.29 is 75.7 Å². The summed E-state index contributed by atoms with van der Waals surface area (Å²) in [4.78, 5) is 21.6. The minimum Gasteiger partial charge on any atom is -0.854 e. The summed E-state index contributed by atoms with van der Waals surface area (Å²) >= 11 is 0. The molecular formula is C12H28KO5P. The third-order valence-corrected chi connectivity index (χ3v) is 2.50. The topological polar surface area (TPSA) is 101 Å². The Labute approximate surface area is 159 Å². The molecule has 0 rings (SSSR count). The van der Waals surface area contributed by atoms with Gasteiger partial charge >= 0.3 is 59.2 Å². The van der Waals surface area contributed by atoms with Gasteiger partial charge in [0.15, 0.2) is 0 Å². The molecule has 0 aromatic carbocycles. The van der Waals surface area contributed by atoms with Gasteiger partial charge in [0.05, 0.1) is 0 Å². The van der Waals surface area contributed by atoms with Crippen molar-refractivity contribution in [3.05, 3.63) is 0 Å². The minimum absolute atomic E-state index is 0. The van der Waals surface area contributed by atoms with E-state index in [2.05, 4.69) is 6.92 Å². The molecule has 0 radical (unpaired) electrons. The number of hydrogen-bond acceptors (Lipinski definition) is 2. The summed E-state index contributed by atoms with van der Waals surface area (Å²) in [5.41, 5.74) is 0. The maximum atomic E-state index is 10.1. The minimum atomic E-state index is -4.64. The molecule has 5 nitrogen and oxygen atoms in total. The van der Waals surface area contributed by atoms with Gasteiger partial charge in [0.2, 0.25) is 0 Å². The average Bonchev–Trinajstić information content (AvgIpc) is 2.25. The Balaban J connectivity index is -0.000000366. The number of phosphoric acid groups is 1. The van der Waals surface area contributed by atoms with Crippen molar-refractivity contribution in [1.29, 1.82) is 0 Å². The maximum absolute atomic E-state index is 10.1. The van der Waals surface area contributed by atoms with Crippen LogP contribution in [-0.2, 0) is 4.57 Å². The fraction of sp³-hybridized carbons (Fsp3) is 1.00. The normalized spacial score (nSPS) is 10.4.